The number of aryl methyl sites for hydroxylation is 1. The molecule has 0 unspecified atom stereocenters. The molecule has 1 aromatic heterocycles. The summed E-state index contributed by atoms with van der Waals surface area (Å²) in [7, 11) is 0. The fourth-order valence-electron chi connectivity index (χ4n) is 3.01. The van der Waals surface area contributed by atoms with E-state index in [-0.39, 0.29) is 11.7 Å². The number of aromatic nitrogens is 2. The summed E-state index contributed by atoms with van der Waals surface area (Å²) in [6.45, 7) is 5.19. The van der Waals surface area contributed by atoms with Gasteiger partial charge in [0.1, 0.15) is 17.2 Å². The summed E-state index contributed by atoms with van der Waals surface area (Å²) in [4.78, 5) is 23.2. The summed E-state index contributed by atoms with van der Waals surface area (Å²) in [5.74, 6) is 1.15. The molecule has 1 amide bonds. The summed E-state index contributed by atoms with van der Waals surface area (Å²) < 4.78 is 0. The van der Waals surface area contributed by atoms with Gasteiger partial charge in [0.05, 0.1) is 5.75 Å². The molecule has 0 spiro atoms. The van der Waals surface area contributed by atoms with Crippen LogP contribution < -0.4 is 10.2 Å². The topological polar surface area (TPSA) is 58.1 Å². The van der Waals surface area contributed by atoms with Crippen LogP contribution >= 0.6 is 23.4 Å². The number of carbonyl (C=O) groups excluding carboxylic acids is 1. The molecule has 2 aromatic rings. The lowest BCUT2D eigenvalue weighted by Crippen LogP contribution is -2.38. The van der Waals surface area contributed by atoms with Crippen LogP contribution in [0.5, 0.6) is 0 Å². The Morgan fingerprint density at radius 2 is 2.19 bits per heavy atom. The standard InChI is InChI=1S/C19H23ClN4OS/c1-13-6-7-15(9-16(13)20)23-18(25)11-26-19-10-17(21-12-22-19)24-8-4-3-5-14(24)2/h6-7,9-10,12,14H,3-5,8,11H2,1-2H3,(H,23,25)/t14-/m1/s1. The van der Waals surface area contributed by atoms with Gasteiger partial charge in [-0.3, -0.25) is 4.79 Å². The fraction of sp³-hybridized carbons (Fsp3) is 0.421. The third kappa shape index (κ3) is 4.89. The quantitative estimate of drug-likeness (QED) is 0.599. The first kappa shape index (κ1) is 19.0. The predicted octanol–water partition coefficient (Wildman–Crippen LogP) is 4.55. The molecule has 1 aliphatic heterocycles. The van der Waals surface area contributed by atoms with Crippen LogP contribution in [-0.2, 0) is 4.79 Å². The molecule has 138 valence electrons. The number of hydrogen-bond acceptors (Lipinski definition) is 5. The summed E-state index contributed by atoms with van der Waals surface area (Å²) in [6.07, 6.45) is 5.23. The lowest BCUT2D eigenvalue weighted by atomic mass is 10.0. The van der Waals surface area contributed by atoms with Gasteiger partial charge >= 0.3 is 0 Å². The zero-order valence-electron chi connectivity index (χ0n) is 15.0. The Morgan fingerprint density at radius 1 is 1.35 bits per heavy atom. The second kappa shape index (κ2) is 8.73. The molecule has 0 saturated carbocycles. The van der Waals surface area contributed by atoms with Gasteiger partial charge in [0, 0.05) is 29.4 Å². The van der Waals surface area contributed by atoms with Crippen molar-refractivity contribution in [1.29, 1.82) is 0 Å². The normalized spacial score (nSPS) is 17.2. The van der Waals surface area contributed by atoms with E-state index in [1.807, 2.05) is 25.1 Å². The number of carbonyl (C=O) groups is 1. The van der Waals surface area contributed by atoms with Crippen molar-refractivity contribution in [2.45, 2.75) is 44.2 Å². The van der Waals surface area contributed by atoms with Gasteiger partial charge in [0.15, 0.2) is 0 Å². The molecule has 3 rings (SSSR count). The van der Waals surface area contributed by atoms with Crippen LogP contribution in [0.1, 0.15) is 31.7 Å². The van der Waals surface area contributed by atoms with E-state index in [4.69, 9.17) is 11.6 Å². The number of benzene rings is 1. The minimum absolute atomic E-state index is 0.0820. The van der Waals surface area contributed by atoms with Crippen molar-refractivity contribution in [2.75, 3.05) is 22.5 Å². The van der Waals surface area contributed by atoms with Crippen molar-refractivity contribution in [3.63, 3.8) is 0 Å². The molecule has 26 heavy (non-hydrogen) atoms. The van der Waals surface area contributed by atoms with Crippen LogP contribution in [0.2, 0.25) is 5.02 Å². The number of nitrogens with zero attached hydrogens (tertiary/aromatic N) is 3. The van der Waals surface area contributed by atoms with Crippen molar-refractivity contribution in [3.8, 4) is 0 Å². The number of nitrogens with one attached hydrogen (secondary N) is 1. The van der Waals surface area contributed by atoms with E-state index in [0.29, 0.717) is 16.8 Å². The van der Waals surface area contributed by atoms with Gasteiger partial charge in [0.2, 0.25) is 5.91 Å². The SMILES string of the molecule is Cc1ccc(NC(=O)CSc2cc(N3CCCC[C@H]3C)ncn2)cc1Cl. The lowest BCUT2D eigenvalue weighted by Gasteiger charge is -2.34. The Hall–Kier alpha value is -1.79. The Kier molecular flexibility index (Phi) is 6.38. The van der Waals surface area contributed by atoms with Crippen molar-refractivity contribution in [2.24, 2.45) is 0 Å². The average molecular weight is 391 g/mol. The fourth-order valence-corrected chi connectivity index (χ4v) is 3.85. The van der Waals surface area contributed by atoms with Gasteiger partial charge in [0.25, 0.3) is 0 Å². The molecule has 1 atom stereocenters. The highest BCUT2D eigenvalue weighted by Crippen LogP contribution is 2.26. The molecule has 0 radical (unpaired) electrons. The highest BCUT2D eigenvalue weighted by Gasteiger charge is 2.20. The zero-order valence-corrected chi connectivity index (χ0v) is 16.6. The highest BCUT2D eigenvalue weighted by molar-refractivity contribution is 7.99. The summed E-state index contributed by atoms with van der Waals surface area (Å²) in [5, 5.41) is 4.32. The number of thioether (sulfide) groups is 1. The van der Waals surface area contributed by atoms with E-state index in [0.717, 1.165) is 23.0 Å². The molecular weight excluding hydrogens is 368 g/mol. The van der Waals surface area contributed by atoms with Crippen LogP contribution in [0.3, 0.4) is 0 Å². The number of piperidine rings is 1. The van der Waals surface area contributed by atoms with E-state index in [1.54, 1.807) is 12.4 Å². The van der Waals surface area contributed by atoms with Crippen LogP contribution in [-0.4, -0.2) is 34.2 Å². The molecule has 7 heteroatoms. The Morgan fingerprint density at radius 3 is 2.96 bits per heavy atom. The third-order valence-corrected chi connectivity index (χ3v) is 5.86. The van der Waals surface area contributed by atoms with E-state index in [2.05, 4.69) is 27.1 Å². The summed E-state index contributed by atoms with van der Waals surface area (Å²) >= 11 is 7.51. The maximum atomic E-state index is 12.2. The Labute approximate surface area is 163 Å². The summed E-state index contributed by atoms with van der Waals surface area (Å²) in [6, 6.07) is 7.97. The van der Waals surface area contributed by atoms with Crippen LogP contribution in [0.15, 0.2) is 35.6 Å². The van der Waals surface area contributed by atoms with Crippen molar-refractivity contribution in [3.05, 3.63) is 41.2 Å². The smallest absolute Gasteiger partial charge is 0.234 e. The second-order valence-electron chi connectivity index (χ2n) is 6.55. The van der Waals surface area contributed by atoms with E-state index >= 15 is 0 Å². The molecular formula is C19H23ClN4OS. The molecule has 1 aromatic carbocycles. The largest absolute Gasteiger partial charge is 0.354 e. The molecule has 1 N–H and O–H groups in total. The van der Waals surface area contributed by atoms with Crippen molar-refractivity contribution < 1.29 is 4.79 Å². The first-order chi connectivity index (χ1) is 12.5. The average Bonchev–Trinajstić information content (AvgIpc) is 2.64. The maximum Gasteiger partial charge on any atom is 0.234 e. The van der Waals surface area contributed by atoms with Gasteiger partial charge in [-0.2, -0.15) is 0 Å². The third-order valence-electron chi connectivity index (χ3n) is 4.53. The minimum Gasteiger partial charge on any atom is -0.354 e. The highest BCUT2D eigenvalue weighted by atomic mass is 35.5. The van der Waals surface area contributed by atoms with Crippen molar-refractivity contribution in [1.82, 2.24) is 9.97 Å². The van der Waals surface area contributed by atoms with Crippen LogP contribution in [0.25, 0.3) is 0 Å². The van der Waals surface area contributed by atoms with E-state index < -0.39 is 0 Å². The molecule has 1 saturated heterocycles. The zero-order chi connectivity index (χ0) is 18.5. The Balaban J connectivity index is 1.58. The number of hydrogen-bond donors (Lipinski definition) is 1. The number of anilines is 2. The monoisotopic (exact) mass is 390 g/mol. The lowest BCUT2D eigenvalue weighted by molar-refractivity contribution is -0.113. The van der Waals surface area contributed by atoms with E-state index in [9.17, 15) is 4.79 Å². The first-order valence-electron chi connectivity index (χ1n) is 8.80. The van der Waals surface area contributed by atoms with Crippen LogP contribution in [0.4, 0.5) is 11.5 Å². The molecule has 1 aliphatic rings. The first-order valence-corrected chi connectivity index (χ1v) is 10.2. The molecule has 1 fully saturated rings. The number of amides is 1. The second-order valence-corrected chi connectivity index (χ2v) is 7.96. The summed E-state index contributed by atoms with van der Waals surface area (Å²) in [5.41, 5.74) is 1.69. The van der Waals surface area contributed by atoms with Gasteiger partial charge in [-0.25, -0.2) is 9.97 Å². The molecule has 2 heterocycles. The number of halogens is 1. The maximum absolute atomic E-state index is 12.2. The van der Waals surface area contributed by atoms with Crippen molar-refractivity contribution >= 4 is 40.8 Å². The molecule has 5 nitrogen and oxygen atoms in total. The Bertz CT molecular complexity index is 786. The van der Waals surface area contributed by atoms with Gasteiger partial charge in [-0.15, -0.1) is 0 Å². The van der Waals surface area contributed by atoms with Crippen LogP contribution in [0, 0.1) is 6.92 Å². The minimum atomic E-state index is -0.0820. The van der Waals surface area contributed by atoms with Gasteiger partial charge in [-0.05, 0) is 50.8 Å². The van der Waals surface area contributed by atoms with E-state index in [1.165, 1.54) is 31.0 Å². The molecule has 0 aliphatic carbocycles. The van der Waals surface area contributed by atoms with Gasteiger partial charge in [-0.1, -0.05) is 29.4 Å². The van der Waals surface area contributed by atoms with Gasteiger partial charge < -0.3 is 10.2 Å². The predicted molar refractivity (Wildman–Crippen MR) is 108 cm³/mol. The number of rotatable bonds is 5. The molecule has 0 bridgehead atoms.